The van der Waals surface area contributed by atoms with E-state index in [4.69, 9.17) is 26.8 Å². The van der Waals surface area contributed by atoms with Gasteiger partial charge in [-0.25, -0.2) is 0 Å². The number of aliphatic carboxylic acids is 3. The molecule has 2 radical (unpaired) electrons. The van der Waals surface area contributed by atoms with Crippen LogP contribution in [0.4, 0.5) is 0 Å². The Balaban J connectivity index is 0. The van der Waals surface area contributed by atoms with Crippen molar-refractivity contribution in [3.8, 4) is 0 Å². The second-order valence-electron chi connectivity index (χ2n) is 3.85. The highest BCUT2D eigenvalue weighted by atomic mass is 33.1. The number of nitrogens with one attached hydrogen (secondary N) is 1. The SMILES string of the molecule is N[C@H](C(=O)O)C(N[C@@H](CS)C(=O)O)SSC[C@H](N)C(=O)O.[S]. The Morgan fingerprint density at radius 3 is 2.00 bits per heavy atom. The summed E-state index contributed by atoms with van der Waals surface area (Å²) >= 11 is 3.86. The van der Waals surface area contributed by atoms with Crippen LogP contribution in [0.25, 0.3) is 0 Å². The maximum Gasteiger partial charge on any atom is 0.323 e. The van der Waals surface area contributed by atoms with E-state index in [0.29, 0.717) is 0 Å². The number of thiol groups is 1. The van der Waals surface area contributed by atoms with Crippen LogP contribution in [0.5, 0.6) is 0 Å². The lowest BCUT2D eigenvalue weighted by molar-refractivity contribution is -0.141. The molecule has 13 heteroatoms. The van der Waals surface area contributed by atoms with Crippen LogP contribution in [0.3, 0.4) is 0 Å². The Labute approximate surface area is 147 Å². The van der Waals surface area contributed by atoms with Gasteiger partial charge in [0.05, 0.1) is 5.37 Å². The van der Waals surface area contributed by atoms with Crippen molar-refractivity contribution >= 4 is 65.6 Å². The zero-order valence-electron chi connectivity index (χ0n) is 11.1. The molecule has 4 atom stereocenters. The molecule has 0 fully saturated rings. The molecule has 0 aromatic heterocycles. The minimum atomic E-state index is -1.37. The first kappa shape index (κ1) is 23.9. The topological polar surface area (TPSA) is 176 Å². The third-order valence-electron chi connectivity index (χ3n) is 2.19. The lowest BCUT2D eigenvalue weighted by Gasteiger charge is -2.24. The van der Waals surface area contributed by atoms with Crippen molar-refractivity contribution in [1.29, 1.82) is 0 Å². The average molecular weight is 392 g/mol. The molecule has 9 nitrogen and oxygen atoms in total. The molecule has 22 heavy (non-hydrogen) atoms. The predicted octanol–water partition coefficient (Wildman–Crippen LogP) is -0.861. The van der Waals surface area contributed by atoms with E-state index in [2.05, 4.69) is 17.9 Å². The van der Waals surface area contributed by atoms with Crippen LogP contribution in [-0.4, -0.2) is 68.2 Å². The molecule has 0 amide bonds. The quantitative estimate of drug-likeness (QED) is 0.132. The van der Waals surface area contributed by atoms with Crippen molar-refractivity contribution in [2.24, 2.45) is 11.5 Å². The molecule has 0 aromatic rings. The van der Waals surface area contributed by atoms with E-state index in [9.17, 15) is 14.4 Å². The molecule has 0 aliphatic heterocycles. The first-order valence-electron chi connectivity index (χ1n) is 5.55. The summed E-state index contributed by atoms with van der Waals surface area (Å²) in [6.45, 7) is 0. The molecule has 1 unspecified atom stereocenters. The van der Waals surface area contributed by atoms with Crippen molar-refractivity contribution in [2.45, 2.75) is 23.5 Å². The van der Waals surface area contributed by atoms with Crippen LogP contribution in [0.1, 0.15) is 0 Å². The van der Waals surface area contributed by atoms with Crippen LogP contribution >= 0.6 is 47.7 Å². The molecule has 8 N–H and O–H groups in total. The molecule has 0 saturated carbocycles. The van der Waals surface area contributed by atoms with Crippen molar-refractivity contribution in [3.63, 3.8) is 0 Å². The second-order valence-corrected chi connectivity index (χ2v) is 6.77. The lowest BCUT2D eigenvalue weighted by Crippen LogP contribution is -2.53. The Kier molecular flexibility index (Phi) is 13.2. The van der Waals surface area contributed by atoms with Gasteiger partial charge in [-0.15, -0.1) is 0 Å². The Bertz CT molecular complexity index is 388. The number of nitrogens with two attached hydrogens (primary N) is 2. The van der Waals surface area contributed by atoms with Gasteiger partial charge in [0.2, 0.25) is 0 Å². The van der Waals surface area contributed by atoms with Crippen LogP contribution in [0, 0.1) is 0 Å². The van der Waals surface area contributed by atoms with Crippen LogP contribution in [0.2, 0.25) is 0 Å². The highest BCUT2D eigenvalue weighted by Gasteiger charge is 2.29. The van der Waals surface area contributed by atoms with Crippen LogP contribution < -0.4 is 16.8 Å². The summed E-state index contributed by atoms with van der Waals surface area (Å²) in [6.07, 6.45) is 0. The molecule has 128 valence electrons. The number of hydrogen-bond donors (Lipinski definition) is 7. The molecular weight excluding hydrogens is 374 g/mol. The predicted molar refractivity (Wildman–Crippen MR) is 91.1 cm³/mol. The van der Waals surface area contributed by atoms with Crippen molar-refractivity contribution in [2.75, 3.05) is 11.5 Å². The smallest absolute Gasteiger partial charge is 0.323 e. The standard InChI is InChI=1S/C9H17N3O6S3.S/c10-3(7(13)14)2-20-21-6(5(11)9(17)18)12-4(1-19)8(15)16;/h3-6,12,19H,1-2,10-11H2,(H,13,14)(H,15,16)(H,17,18);/t3-,4-,5-,6?;/m0./s1. The third kappa shape index (κ3) is 8.97. The third-order valence-corrected chi connectivity index (χ3v) is 5.27. The number of carboxylic acids is 3. The molecule has 0 aromatic carbocycles. The van der Waals surface area contributed by atoms with E-state index in [1.54, 1.807) is 0 Å². The lowest BCUT2D eigenvalue weighted by atomic mass is 10.2. The number of rotatable bonds is 11. The van der Waals surface area contributed by atoms with E-state index >= 15 is 0 Å². The van der Waals surface area contributed by atoms with E-state index in [-0.39, 0.29) is 25.0 Å². The van der Waals surface area contributed by atoms with Crippen molar-refractivity contribution in [1.82, 2.24) is 5.32 Å². The fourth-order valence-corrected chi connectivity index (χ4v) is 3.85. The summed E-state index contributed by atoms with van der Waals surface area (Å²) in [5.41, 5.74) is 10.8. The Morgan fingerprint density at radius 2 is 1.64 bits per heavy atom. The molecule has 0 rings (SSSR count). The van der Waals surface area contributed by atoms with Gasteiger partial charge in [0.25, 0.3) is 0 Å². The minimum Gasteiger partial charge on any atom is -0.480 e. The Morgan fingerprint density at radius 1 is 1.09 bits per heavy atom. The van der Waals surface area contributed by atoms with Gasteiger partial charge >= 0.3 is 17.9 Å². The van der Waals surface area contributed by atoms with Gasteiger partial charge in [0.1, 0.15) is 18.1 Å². The second kappa shape index (κ2) is 12.2. The van der Waals surface area contributed by atoms with E-state index in [0.717, 1.165) is 21.6 Å². The van der Waals surface area contributed by atoms with Gasteiger partial charge in [0.15, 0.2) is 0 Å². The first-order chi connectivity index (χ1) is 9.70. The fraction of sp³-hybridized carbons (Fsp3) is 0.667. The molecule has 0 bridgehead atoms. The minimum absolute atomic E-state index is 0. The molecule has 0 saturated heterocycles. The highest BCUT2D eigenvalue weighted by Crippen LogP contribution is 2.28. The van der Waals surface area contributed by atoms with Gasteiger partial charge in [-0.1, -0.05) is 21.6 Å². The van der Waals surface area contributed by atoms with Gasteiger partial charge in [-0.3, -0.25) is 19.7 Å². The first-order valence-corrected chi connectivity index (χ1v) is 8.56. The van der Waals surface area contributed by atoms with Gasteiger partial charge in [0, 0.05) is 25.0 Å². The van der Waals surface area contributed by atoms with E-state index in [1.807, 2.05) is 0 Å². The van der Waals surface area contributed by atoms with Crippen LogP contribution in [0.15, 0.2) is 0 Å². The number of hydrogen-bond acceptors (Lipinski definition) is 9. The summed E-state index contributed by atoms with van der Waals surface area (Å²) in [5.74, 6) is -3.73. The normalized spacial score (nSPS) is 16.0. The summed E-state index contributed by atoms with van der Waals surface area (Å²) in [7, 11) is 1.92. The number of carboxylic acid groups (broad SMARTS) is 3. The monoisotopic (exact) mass is 391 g/mol. The van der Waals surface area contributed by atoms with Crippen LogP contribution in [-0.2, 0) is 14.4 Å². The maximum absolute atomic E-state index is 10.9. The van der Waals surface area contributed by atoms with Gasteiger partial charge < -0.3 is 26.8 Å². The summed E-state index contributed by atoms with van der Waals surface area (Å²) in [4.78, 5) is 32.4. The van der Waals surface area contributed by atoms with E-state index < -0.39 is 41.4 Å². The highest BCUT2D eigenvalue weighted by molar-refractivity contribution is 8.77. The maximum atomic E-state index is 10.9. The summed E-state index contributed by atoms with van der Waals surface area (Å²) in [5, 5.41) is 28.1. The summed E-state index contributed by atoms with van der Waals surface area (Å²) in [6, 6.07) is -3.56. The van der Waals surface area contributed by atoms with Crippen molar-refractivity contribution < 1.29 is 29.7 Å². The average Bonchev–Trinajstić information content (AvgIpc) is 2.40. The molecule has 0 heterocycles. The molecular formula is C9H17N3O6S4. The largest absolute Gasteiger partial charge is 0.480 e. The molecule has 0 spiro atoms. The Hall–Kier alpha value is -0.310. The fourth-order valence-electron chi connectivity index (χ4n) is 0.978. The zero-order valence-corrected chi connectivity index (χ0v) is 14.5. The zero-order chi connectivity index (χ0) is 16.6. The van der Waals surface area contributed by atoms with E-state index in [1.165, 1.54) is 0 Å². The summed E-state index contributed by atoms with van der Waals surface area (Å²) < 4.78 is 0. The van der Waals surface area contributed by atoms with Gasteiger partial charge in [-0.2, -0.15) is 12.6 Å². The van der Waals surface area contributed by atoms with Gasteiger partial charge in [-0.05, 0) is 0 Å². The number of carbonyl (C=O) groups is 3. The molecule has 0 aliphatic rings. The van der Waals surface area contributed by atoms with Crippen molar-refractivity contribution in [3.05, 3.63) is 0 Å². The molecule has 0 aliphatic carbocycles.